The van der Waals surface area contributed by atoms with Crippen LogP contribution in [0.25, 0.3) is 5.69 Å². The summed E-state index contributed by atoms with van der Waals surface area (Å²) in [5.74, 6) is -0.246. The van der Waals surface area contributed by atoms with Gasteiger partial charge >= 0.3 is 0 Å². The fourth-order valence-electron chi connectivity index (χ4n) is 4.93. The smallest absolute Gasteiger partial charge is 0.174 e. The number of anilines is 2. The molecule has 1 aliphatic heterocycles. The van der Waals surface area contributed by atoms with Gasteiger partial charge in [-0.2, -0.15) is 0 Å². The topological polar surface area (TPSA) is 36.3 Å². The lowest BCUT2D eigenvalue weighted by molar-refractivity contribution is 0.565. The average molecular weight is 486 g/mol. The molecule has 7 heteroatoms. The molecule has 3 heterocycles. The van der Waals surface area contributed by atoms with Crippen LogP contribution in [-0.2, 0) is 0 Å². The Kier molecular flexibility index (Phi) is 6.03. The van der Waals surface area contributed by atoms with E-state index in [0.717, 1.165) is 39.7 Å². The SMILES string of the molecule is Cc1cc([C@H]2[C@@H](c3ccccn3)NC(=S)N2c2ccc(N(C)C)cc2)c(C)n1-c1ccc(F)cc1. The van der Waals surface area contributed by atoms with Crippen molar-refractivity contribution >= 4 is 28.7 Å². The van der Waals surface area contributed by atoms with Crippen LogP contribution in [0.1, 0.15) is 34.7 Å². The fraction of sp³-hybridized carbons (Fsp3) is 0.214. The minimum absolute atomic E-state index is 0.108. The molecule has 1 aliphatic rings. The number of hydrogen-bond donors (Lipinski definition) is 1. The van der Waals surface area contributed by atoms with E-state index in [2.05, 4.69) is 68.8 Å². The number of pyridine rings is 1. The molecule has 1 N–H and O–H groups in total. The first-order valence-corrected chi connectivity index (χ1v) is 12.0. The average Bonchev–Trinajstić information content (AvgIpc) is 3.35. The van der Waals surface area contributed by atoms with Crippen molar-refractivity contribution in [3.8, 4) is 5.69 Å². The third-order valence-electron chi connectivity index (χ3n) is 6.62. The van der Waals surface area contributed by atoms with Gasteiger partial charge in [0.05, 0.1) is 17.8 Å². The second-order valence-corrected chi connectivity index (χ2v) is 9.43. The van der Waals surface area contributed by atoms with Crippen LogP contribution < -0.4 is 15.1 Å². The van der Waals surface area contributed by atoms with E-state index < -0.39 is 0 Å². The molecule has 5 rings (SSSR count). The van der Waals surface area contributed by atoms with Crippen LogP contribution in [0.4, 0.5) is 15.8 Å². The highest BCUT2D eigenvalue weighted by molar-refractivity contribution is 7.80. The van der Waals surface area contributed by atoms with Gasteiger partial charge in [0.15, 0.2) is 5.11 Å². The lowest BCUT2D eigenvalue weighted by Crippen LogP contribution is -2.29. The van der Waals surface area contributed by atoms with Crippen LogP contribution in [0.3, 0.4) is 0 Å². The zero-order valence-electron chi connectivity index (χ0n) is 20.2. The predicted molar refractivity (Wildman–Crippen MR) is 144 cm³/mol. The fourth-order valence-corrected chi connectivity index (χ4v) is 5.28. The Morgan fingerprint density at radius 3 is 2.26 bits per heavy atom. The van der Waals surface area contributed by atoms with Crippen LogP contribution in [-0.4, -0.2) is 28.8 Å². The molecule has 0 unspecified atom stereocenters. The summed E-state index contributed by atoms with van der Waals surface area (Å²) >= 11 is 5.88. The second kappa shape index (κ2) is 9.15. The number of nitrogens with zero attached hydrogens (tertiary/aromatic N) is 4. The maximum atomic E-state index is 13.6. The van der Waals surface area contributed by atoms with Crippen molar-refractivity contribution in [3.05, 3.63) is 107 Å². The third-order valence-corrected chi connectivity index (χ3v) is 6.93. The zero-order chi connectivity index (χ0) is 24.7. The first-order chi connectivity index (χ1) is 16.8. The van der Waals surface area contributed by atoms with E-state index in [1.54, 1.807) is 0 Å². The van der Waals surface area contributed by atoms with E-state index in [1.165, 1.54) is 12.1 Å². The number of thiocarbonyl (C=S) groups is 1. The van der Waals surface area contributed by atoms with E-state index in [-0.39, 0.29) is 17.9 Å². The van der Waals surface area contributed by atoms with Gasteiger partial charge in [0.2, 0.25) is 0 Å². The Hall–Kier alpha value is -3.71. The number of rotatable bonds is 5. The Labute approximate surface area is 210 Å². The van der Waals surface area contributed by atoms with E-state index in [0.29, 0.717) is 5.11 Å². The van der Waals surface area contributed by atoms with Gasteiger partial charge in [-0.15, -0.1) is 0 Å². The molecule has 0 amide bonds. The van der Waals surface area contributed by atoms with E-state index in [9.17, 15) is 4.39 Å². The van der Waals surface area contributed by atoms with Crippen LogP contribution in [0.15, 0.2) is 79.0 Å². The van der Waals surface area contributed by atoms with E-state index >= 15 is 0 Å². The van der Waals surface area contributed by atoms with Crippen molar-refractivity contribution in [2.75, 3.05) is 23.9 Å². The largest absolute Gasteiger partial charge is 0.378 e. The number of benzene rings is 2. The van der Waals surface area contributed by atoms with Gasteiger partial charge in [-0.25, -0.2) is 4.39 Å². The summed E-state index contributed by atoms with van der Waals surface area (Å²) in [4.78, 5) is 8.92. The van der Waals surface area contributed by atoms with Crippen molar-refractivity contribution in [1.82, 2.24) is 14.9 Å². The predicted octanol–water partition coefficient (Wildman–Crippen LogP) is 5.87. The van der Waals surface area contributed by atoms with Crippen LogP contribution >= 0.6 is 12.2 Å². The van der Waals surface area contributed by atoms with E-state index in [4.69, 9.17) is 12.2 Å². The van der Waals surface area contributed by atoms with Crippen LogP contribution in [0.2, 0.25) is 0 Å². The summed E-state index contributed by atoms with van der Waals surface area (Å²) in [5.41, 5.74) is 7.30. The first kappa shape index (κ1) is 23.1. The Morgan fingerprint density at radius 2 is 1.63 bits per heavy atom. The van der Waals surface area contributed by atoms with Gasteiger partial charge in [0.25, 0.3) is 0 Å². The standard InChI is InChI=1S/C28H28FN5S/c1-18-17-24(19(2)33(18)22-10-8-20(29)9-11-22)27-26(25-7-5-6-16-30-25)31-28(35)34(27)23-14-12-21(13-15-23)32(3)4/h5-17,26-27H,1-4H3,(H,31,35)/t26-,27+/m1/s1. The zero-order valence-corrected chi connectivity index (χ0v) is 21.1. The second-order valence-electron chi connectivity index (χ2n) is 9.05. The number of halogens is 1. The number of nitrogens with one attached hydrogen (secondary N) is 1. The maximum Gasteiger partial charge on any atom is 0.174 e. The van der Waals surface area contributed by atoms with Gasteiger partial charge in [-0.05, 0) is 98.4 Å². The minimum atomic E-state index is -0.246. The summed E-state index contributed by atoms with van der Waals surface area (Å²) in [7, 11) is 4.06. The Morgan fingerprint density at radius 1 is 0.943 bits per heavy atom. The molecule has 0 radical (unpaired) electrons. The van der Waals surface area contributed by atoms with E-state index in [1.807, 2.05) is 50.6 Å². The lowest BCUT2D eigenvalue weighted by Gasteiger charge is -2.28. The molecule has 5 nitrogen and oxygen atoms in total. The molecular weight excluding hydrogens is 457 g/mol. The van der Waals surface area contributed by atoms with Crippen molar-refractivity contribution in [3.63, 3.8) is 0 Å². The maximum absolute atomic E-state index is 13.6. The number of hydrogen-bond acceptors (Lipinski definition) is 3. The first-order valence-electron chi connectivity index (χ1n) is 11.6. The van der Waals surface area contributed by atoms with Gasteiger partial charge in [0.1, 0.15) is 5.82 Å². The summed E-state index contributed by atoms with van der Waals surface area (Å²) < 4.78 is 15.8. The van der Waals surface area contributed by atoms with Crippen molar-refractivity contribution in [1.29, 1.82) is 0 Å². The Bertz CT molecular complexity index is 1350. The summed E-state index contributed by atoms with van der Waals surface area (Å²) in [5, 5.41) is 4.20. The van der Waals surface area contributed by atoms with Crippen molar-refractivity contribution in [2.24, 2.45) is 0 Å². The monoisotopic (exact) mass is 485 g/mol. The highest BCUT2D eigenvalue weighted by atomic mass is 32.1. The molecule has 0 bridgehead atoms. The summed E-state index contributed by atoms with van der Waals surface area (Å²) in [6, 6.07) is 23.0. The van der Waals surface area contributed by atoms with Crippen molar-refractivity contribution in [2.45, 2.75) is 25.9 Å². The number of aryl methyl sites for hydroxylation is 1. The van der Waals surface area contributed by atoms with Crippen molar-refractivity contribution < 1.29 is 4.39 Å². The van der Waals surface area contributed by atoms with Crippen LogP contribution in [0.5, 0.6) is 0 Å². The third kappa shape index (κ3) is 4.17. The minimum Gasteiger partial charge on any atom is -0.378 e. The summed E-state index contributed by atoms with van der Waals surface area (Å²) in [6.07, 6.45) is 1.81. The van der Waals surface area contributed by atoms with Crippen LogP contribution in [0, 0.1) is 19.7 Å². The van der Waals surface area contributed by atoms with Gasteiger partial charge in [0, 0.05) is 48.7 Å². The van der Waals surface area contributed by atoms with Gasteiger partial charge in [-0.1, -0.05) is 6.07 Å². The molecule has 0 spiro atoms. The molecule has 2 atom stereocenters. The highest BCUT2D eigenvalue weighted by Gasteiger charge is 2.42. The molecule has 4 aromatic rings. The molecule has 1 fully saturated rings. The summed E-state index contributed by atoms with van der Waals surface area (Å²) in [6.45, 7) is 4.18. The van der Waals surface area contributed by atoms with Gasteiger partial charge in [-0.3, -0.25) is 4.98 Å². The molecule has 178 valence electrons. The normalized spacial score (nSPS) is 17.5. The quantitative estimate of drug-likeness (QED) is 0.358. The molecule has 0 aliphatic carbocycles. The molecule has 0 saturated carbocycles. The Balaban J connectivity index is 1.65. The molecule has 35 heavy (non-hydrogen) atoms. The van der Waals surface area contributed by atoms with Gasteiger partial charge < -0.3 is 19.7 Å². The molecular formula is C28H28FN5S. The molecule has 2 aromatic heterocycles. The number of aromatic nitrogens is 2. The molecule has 2 aromatic carbocycles. The lowest BCUT2D eigenvalue weighted by atomic mass is 9.96. The molecule has 1 saturated heterocycles. The highest BCUT2D eigenvalue weighted by Crippen LogP contribution is 2.44.